The molecule has 2 aromatic heterocycles. The number of hydrogen-bond acceptors (Lipinski definition) is 5. The molecule has 124 valence electrons. The van der Waals surface area contributed by atoms with Crippen LogP contribution in [0, 0.1) is 0 Å². The van der Waals surface area contributed by atoms with Gasteiger partial charge in [-0.2, -0.15) is 9.61 Å². The maximum absolute atomic E-state index is 4.63. The van der Waals surface area contributed by atoms with Crippen molar-refractivity contribution in [3.05, 3.63) is 65.2 Å². The first kappa shape index (κ1) is 15.5. The second-order valence-corrected chi connectivity index (χ2v) is 6.83. The lowest BCUT2D eigenvalue weighted by Gasteiger charge is -2.11. The summed E-state index contributed by atoms with van der Waals surface area (Å²) < 4.78 is 1.81. The van der Waals surface area contributed by atoms with E-state index in [2.05, 4.69) is 50.5 Å². The molecule has 4 aromatic rings. The summed E-state index contributed by atoms with van der Waals surface area (Å²) in [7, 11) is 4.05. The van der Waals surface area contributed by atoms with Crippen molar-refractivity contribution >= 4 is 34.1 Å². The average Bonchev–Trinajstić information content (AvgIpc) is 3.21. The molecule has 0 amide bonds. The van der Waals surface area contributed by atoms with Crippen LogP contribution in [0.1, 0.15) is 10.6 Å². The van der Waals surface area contributed by atoms with Gasteiger partial charge < -0.3 is 4.90 Å². The third kappa shape index (κ3) is 3.16. The second-order valence-electron chi connectivity index (χ2n) is 5.84. The Labute approximate surface area is 149 Å². The highest BCUT2D eigenvalue weighted by Crippen LogP contribution is 2.24. The molecule has 6 heteroatoms. The topological polar surface area (TPSA) is 46.3 Å². The fraction of sp³-hybridized carbons (Fsp3) is 0.105. The minimum atomic E-state index is 0.760. The zero-order chi connectivity index (χ0) is 17.2. The van der Waals surface area contributed by atoms with Crippen LogP contribution in [-0.2, 0) is 0 Å². The van der Waals surface area contributed by atoms with Crippen molar-refractivity contribution in [1.29, 1.82) is 0 Å². The predicted octanol–water partition coefficient (Wildman–Crippen LogP) is 4.09. The molecule has 0 saturated heterocycles. The fourth-order valence-electron chi connectivity index (χ4n) is 2.52. The lowest BCUT2D eigenvalue weighted by Crippen LogP contribution is -2.08. The SMILES string of the molecule is CN(C)c1ccc(-c2nnc3sc(C=Cc4ccccc4)nn23)cc1. The van der Waals surface area contributed by atoms with Gasteiger partial charge in [0, 0.05) is 25.3 Å². The smallest absolute Gasteiger partial charge is 0.235 e. The van der Waals surface area contributed by atoms with E-state index >= 15 is 0 Å². The first-order valence-corrected chi connectivity index (χ1v) is 8.75. The highest BCUT2D eigenvalue weighted by Gasteiger charge is 2.12. The Hall–Kier alpha value is -2.99. The van der Waals surface area contributed by atoms with Gasteiger partial charge in [-0.05, 0) is 35.9 Å². The van der Waals surface area contributed by atoms with Gasteiger partial charge in [-0.1, -0.05) is 47.7 Å². The Balaban J connectivity index is 1.65. The van der Waals surface area contributed by atoms with E-state index in [1.165, 1.54) is 11.3 Å². The fourth-order valence-corrected chi connectivity index (χ4v) is 3.26. The minimum Gasteiger partial charge on any atom is -0.378 e. The van der Waals surface area contributed by atoms with Crippen molar-refractivity contribution in [1.82, 2.24) is 19.8 Å². The molecule has 25 heavy (non-hydrogen) atoms. The predicted molar refractivity (Wildman–Crippen MR) is 104 cm³/mol. The van der Waals surface area contributed by atoms with Gasteiger partial charge in [-0.25, -0.2) is 0 Å². The highest BCUT2D eigenvalue weighted by molar-refractivity contribution is 7.17. The molecule has 0 N–H and O–H groups in total. The number of rotatable bonds is 4. The van der Waals surface area contributed by atoms with Crippen LogP contribution in [0.5, 0.6) is 0 Å². The monoisotopic (exact) mass is 347 g/mol. The maximum atomic E-state index is 4.63. The first-order valence-electron chi connectivity index (χ1n) is 7.94. The second kappa shape index (κ2) is 6.49. The quantitative estimate of drug-likeness (QED) is 0.558. The van der Waals surface area contributed by atoms with E-state index in [4.69, 9.17) is 0 Å². The van der Waals surface area contributed by atoms with Crippen LogP contribution in [0.2, 0.25) is 0 Å². The van der Waals surface area contributed by atoms with Gasteiger partial charge in [0.15, 0.2) is 5.82 Å². The van der Waals surface area contributed by atoms with E-state index < -0.39 is 0 Å². The van der Waals surface area contributed by atoms with E-state index in [0.717, 1.165) is 32.6 Å². The third-order valence-corrected chi connectivity index (χ3v) is 4.73. The Morgan fingerprint density at radius 2 is 1.68 bits per heavy atom. The third-order valence-electron chi connectivity index (χ3n) is 3.87. The van der Waals surface area contributed by atoms with Gasteiger partial charge in [-0.3, -0.25) is 0 Å². The number of anilines is 1. The number of aromatic nitrogens is 4. The van der Waals surface area contributed by atoms with Crippen molar-refractivity contribution in [3.8, 4) is 11.4 Å². The number of benzene rings is 2. The molecule has 0 saturated carbocycles. The molecule has 0 aliphatic heterocycles. The Morgan fingerprint density at radius 1 is 0.920 bits per heavy atom. The summed E-state index contributed by atoms with van der Waals surface area (Å²) in [5, 5.41) is 14.1. The number of hydrogen-bond donors (Lipinski definition) is 0. The normalized spacial score (nSPS) is 11.4. The van der Waals surface area contributed by atoms with E-state index in [0.29, 0.717) is 0 Å². The lowest BCUT2D eigenvalue weighted by molar-refractivity contribution is 0.959. The lowest BCUT2D eigenvalue weighted by atomic mass is 10.2. The Bertz CT molecular complexity index is 1010. The number of fused-ring (bicyclic) bond motifs is 1. The molecule has 0 fully saturated rings. The van der Waals surface area contributed by atoms with Crippen molar-refractivity contribution in [2.45, 2.75) is 0 Å². The van der Waals surface area contributed by atoms with Crippen molar-refractivity contribution in [2.24, 2.45) is 0 Å². The molecule has 0 aliphatic carbocycles. The van der Waals surface area contributed by atoms with Crippen LogP contribution in [0.15, 0.2) is 54.6 Å². The largest absolute Gasteiger partial charge is 0.378 e. The molecule has 5 nitrogen and oxygen atoms in total. The summed E-state index contributed by atoms with van der Waals surface area (Å²) in [5.74, 6) is 0.760. The van der Waals surface area contributed by atoms with Crippen LogP contribution in [0.4, 0.5) is 5.69 Å². The molecule has 0 spiro atoms. The zero-order valence-corrected chi connectivity index (χ0v) is 14.8. The van der Waals surface area contributed by atoms with Gasteiger partial charge in [0.05, 0.1) is 0 Å². The summed E-state index contributed by atoms with van der Waals surface area (Å²) in [6.07, 6.45) is 4.06. The molecule has 0 atom stereocenters. The van der Waals surface area contributed by atoms with E-state index in [9.17, 15) is 0 Å². The molecule has 0 radical (unpaired) electrons. The molecule has 4 rings (SSSR count). The van der Waals surface area contributed by atoms with Crippen molar-refractivity contribution in [3.63, 3.8) is 0 Å². The molecular weight excluding hydrogens is 330 g/mol. The van der Waals surface area contributed by atoms with Crippen LogP contribution in [0.3, 0.4) is 0 Å². The van der Waals surface area contributed by atoms with E-state index in [1.54, 1.807) is 4.52 Å². The summed E-state index contributed by atoms with van der Waals surface area (Å²) in [6, 6.07) is 18.4. The van der Waals surface area contributed by atoms with Crippen LogP contribution in [-0.4, -0.2) is 33.9 Å². The summed E-state index contributed by atoms with van der Waals surface area (Å²) >= 11 is 1.52. The zero-order valence-electron chi connectivity index (χ0n) is 14.0. The average molecular weight is 347 g/mol. The standard InChI is InChI=1S/C19H17N5S/c1-23(2)16-11-9-15(10-12-16)18-20-21-19-24(18)22-17(25-19)13-8-14-6-4-3-5-7-14/h3-13H,1-2H3. The first-order chi connectivity index (χ1) is 12.2. The summed E-state index contributed by atoms with van der Waals surface area (Å²) in [4.78, 5) is 2.86. The Morgan fingerprint density at radius 3 is 2.40 bits per heavy atom. The van der Waals surface area contributed by atoms with Crippen LogP contribution >= 0.6 is 11.3 Å². The van der Waals surface area contributed by atoms with Gasteiger partial charge >= 0.3 is 0 Å². The van der Waals surface area contributed by atoms with E-state index in [1.807, 2.05) is 50.5 Å². The van der Waals surface area contributed by atoms with Crippen molar-refractivity contribution in [2.75, 3.05) is 19.0 Å². The molecular formula is C19H17N5S. The van der Waals surface area contributed by atoms with Gasteiger partial charge in [0.2, 0.25) is 4.96 Å². The van der Waals surface area contributed by atoms with Gasteiger partial charge in [0.1, 0.15) is 5.01 Å². The van der Waals surface area contributed by atoms with Gasteiger partial charge in [0.25, 0.3) is 0 Å². The minimum absolute atomic E-state index is 0.760. The molecule has 0 bridgehead atoms. The highest BCUT2D eigenvalue weighted by atomic mass is 32.1. The summed E-state index contributed by atoms with van der Waals surface area (Å²) in [5.41, 5.74) is 3.30. The van der Waals surface area contributed by atoms with Crippen LogP contribution < -0.4 is 4.90 Å². The molecule has 2 heterocycles. The molecule has 0 unspecified atom stereocenters. The van der Waals surface area contributed by atoms with Gasteiger partial charge in [-0.15, -0.1) is 10.2 Å². The van der Waals surface area contributed by atoms with E-state index in [-0.39, 0.29) is 0 Å². The molecule has 0 aliphatic rings. The Kier molecular flexibility index (Phi) is 4.03. The van der Waals surface area contributed by atoms with Crippen molar-refractivity contribution < 1.29 is 0 Å². The number of nitrogens with zero attached hydrogens (tertiary/aromatic N) is 5. The maximum Gasteiger partial charge on any atom is 0.235 e. The van der Waals surface area contributed by atoms with Crippen LogP contribution in [0.25, 0.3) is 28.5 Å². The summed E-state index contributed by atoms with van der Waals surface area (Å²) in [6.45, 7) is 0. The molecule has 2 aromatic carbocycles.